The van der Waals surface area contributed by atoms with Gasteiger partial charge in [0.1, 0.15) is 16.9 Å². The maximum atomic E-state index is 12.4. The molecule has 132 valence electrons. The highest BCUT2D eigenvalue weighted by Crippen LogP contribution is 2.35. The largest absolute Gasteiger partial charge is 0.460 e. The minimum atomic E-state index is -0.470. The lowest BCUT2D eigenvalue weighted by Crippen LogP contribution is -2.33. The molecule has 2 heterocycles. The lowest BCUT2D eigenvalue weighted by molar-refractivity contribution is -0.120. The Balaban J connectivity index is 2.29. The average molecular weight is 341 g/mol. The van der Waals surface area contributed by atoms with Gasteiger partial charge in [0.15, 0.2) is 0 Å². The molecule has 0 saturated heterocycles. The highest BCUT2D eigenvalue weighted by molar-refractivity contribution is 6.07. The molecule has 0 atom stereocenters. The molecule has 1 N–H and O–H groups in total. The van der Waals surface area contributed by atoms with E-state index in [2.05, 4.69) is 5.32 Å². The number of nitrogens with one attached hydrogen (secondary N) is 1. The number of furan rings is 1. The van der Waals surface area contributed by atoms with Crippen molar-refractivity contribution in [3.05, 3.63) is 44.5 Å². The van der Waals surface area contributed by atoms with E-state index in [4.69, 9.17) is 8.83 Å². The van der Waals surface area contributed by atoms with E-state index in [1.807, 2.05) is 47.6 Å². The summed E-state index contributed by atoms with van der Waals surface area (Å²) in [4.78, 5) is 24.5. The third-order valence-corrected chi connectivity index (χ3v) is 4.66. The summed E-state index contributed by atoms with van der Waals surface area (Å²) < 4.78 is 11.5. The van der Waals surface area contributed by atoms with Gasteiger partial charge in [0, 0.05) is 11.4 Å². The van der Waals surface area contributed by atoms with Crippen molar-refractivity contribution in [2.75, 3.05) is 0 Å². The molecule has 0 aliphatic heterocycles. The van der Waals surface area contributed by atoms with Gasteiger partial charge in [-0.25, -0.2) is 4.79 Å². The first-order chi connectivity index (χ1) is 11.7. The molecule has 0 bridgehead atoms. The molecule has 0 fully saturated rings. The normalized spacial score (nSPS) is 11.6. The van der Waals surface area contributed by atoms with Gasteiger partial charge in [-0.05, 0) is 64.3 Å². The van der Waals surface area contributed by atoms with Crippen LogP contribution in [-0.4, -0.2) is 11.9 Å². The molecule has 3 aromatic rings. The second kappa shape index (κ2) is 6.06. The van der Waals surface area contributed by atoms with Crippen molar-refractivity contribution in [3.63, 3.8) is 0 Å². The first kappa shape index (κ1) is 17.3. The summed E-state index contributed by atoms with van der Waals surface area (Å²) in [6.45, 7) is 11.5. The smallest absolute Gasteiger partial charge is 0.340 e. The molecule has 0 unspecified atom stereocenters. The van der Waals surface area contributed by atoms with Crippen LogP contribution in [0, 0.1) is 27.7 Å². The van der Waals surface area contributed by atoms with Gasteiger partial charge in [0.05, 0.1) is 17.4 Å². The lowest BCUT2D eigenvalue weighted by Gasteiger charge is -2.11. The Labute approximate surface area is 146 Å². The molecular weight excluding hydrogens is 318 g/mol. The van der Waals surface area contributed by atoms with Crippen molar-refractivity contribution >= 4 is 27.8 Å². The highest BCUT2D eigenvalue weighted by Gasteiger charge is 2.21. The molecular formula is C20H23NO4. The summed E-state index contributed by atoms with van der Waals surface area (Å²) in [6.07, 6.45) is -0.00364. The van der Waals surface area contributed by atoms with E-state index >= 15 is 0 Å². The van der Waals surface area contributed by atoms with E-state index in [9.17, 15) is 9.59 Å². The van der Waals surface area contributed by atoms with Gasteiger partial charge < -0.3 is 14.2 Å². The van der Waals surface area contributed by atoms with Gasteiger partial charge in [0.2, 0.25) is 5.91 Å². The molecule has 5 heteroatoms. The molecule has 2 aromatic heterocycles. The second-order valence-corrected chi connectivity index (χ2v) is 6.95. The van der Waals surface area contributed by atoms with Crippen molar-refractivity contribution in [1.82, 2.24) is 5.32 Å². The topological polar surface area (TPSA) is 72.5 Å². The molecule has 1 aromatic carbocycles. The first-order valence-corrected chi connectivity index (χ1v) is 8.45. The second-order valence-electron chi connectivity index (χ2n) is 6.95. The van der Waals surface area contributed by atoms with Crippen LogP contribution in [0.3, 0.4) is 0 Å². The minimum Gasteiger partial charge on any atom is -0.460 e. The van der Waals surface area contributed by atoms with E-state index < -0.39 is 5.63 Å². The summed E-state index contributed by atoms with van der Waals surface area (Å²) in [7, 11) is 0. The maximum absolute atomic E-state index is 12.4. The molecule has 0 radical (unpaired) electrons. The third-order valence-electron chi connectivity index (χ3n) is 4.66. The number of carbonyl (C=O) groups excluding carboxylic acids is 1. The Morgan fingerprint density at radius 1 is 1.08 bits per heavy atom. The quantitative estimate of drug-likeness (QED) is 0.735. The van der Waals surface area contributed by atoms with Crippen LogP contribution in [0.2, 0.25) is 0 Å². The number of rotatable bonds is 3. The molecule has 0 spiro atoms. The van der Waals surface area contributed by atoms with Crippen molar-refractivity contribution in [2.45, 2.75) is 54.0 Å². The van der Waals surface area contributed by atoms with Gasteiger partial charge >= 0.3 is 5.63 Å². The predicted octanol–water partition coefficient (Wildman–Crippen LogP) is 3.84. The minimum absolute atomic E-state index is 0.00364. The number of hydrogen-bond donors (Lipinski definition) is 1. The summed E-state index contributed by atoms with van der Waals surface area (Å²) in [5, 5.41) is 4.62. The molecule has 0 aliphatic rings. The van der Waals surface area contributed by atoms with Crippen LogP contribution < -0.4 is 10.9 Å². The fraction of sp³-hybridized carbons (Fsp3) is 0.400. The summed E-state index contributed by atoms with van der Waals surface area (Å²) in [5.74, 6) is 0.648. The molecule has 3 rings (SSSR count). The molecule has 0 aliphatic carbocycles. The fourth-order valence-corrected chi connectivity index (χ4v) is 3.37. The van der Waals surface area contributed by atoms with Gasteiger partial charge in [-0.3, -0.25) is 4.79 Å². The standard InChI is InChI=1S/C20H23NO4/c1-9(2)21-16(22)8-14-12(5)18-15(25-20(14)23)7-10(3)17-11(4)13(6)24-19(17)18/h7,9H,8H2,1-6H3,(H,21,22). The molecule has 25 heavy (non-hydrogen) atoms. The molecule has 5 nitrogen and oxygen atoms in total. The number of benzene rings is 1. The van der Waals surface area contributed by atoms with Crippen molar-refractivity contribution in [2.24, 2.45) is 0 Å². The van der Waals surface area contributed by atoms with Crippen LogP contribution in [0.5, 0.6) is 0 Å². The monoisotopic (exact) mass is 341 g/mol. The van der Waals surface area contributed by atoms with Gasteiger partial charge in [-0.2, -0.15) is 0 Å². The van der Waals surface area contributed by atoms with Crippen LogP contribution in [0.25, 0.3) is 21.9 Å². The average Bonchev–Trinajstić information content (AvgIpc) is 2.78. The van der Waals surface area contributed by atoms with Gasteiger partial charge in [0.25, 0.3) is 0 Å². The van der Waals surface area contributed by atoms with E-state index in [1.54, 1.807) is 0 Å². The highest BCUT2D eigenvalue weighted by atomic mass is 16.4. The Hall–Kier alpha value is -2.56. The number of fused-ring (bicyclic) bond motifs is 3. The van der Waals surface area contributed by atoms with E-state index in [1.165, 1.54) is 0 Å². The summed E-state index contributed by atoms with van der Waals surface area (Å²) in [5.41, 5.74) is 3.95. The Kier molecular flexibility index (Phi) is 4.19. The van der Waals surface area contributed by atoms with Crippen LogP contribution in [0.1, 0.15) is 41.9 Å². The zero-order valence-electron chi connectivity index (χ0n) is 15.5. The Bertz CT molecular complexity index is 1050. The van der Waals surface area contributed by atoms with E-state index in [-0.39, 0.29) is 18.4 Å². The number of hydrogen-bond acceptors (Lipinski definition) is 4. The fourth-order valence-electron chi connectivity index (χ4n) is 3.37. The summed E-state index contributed by atoms with van der Waals surface area (Å²) in [6, 6.07) is 1.89. The molecule has 0 saturated carbocycles. The zero-order valence-corrected chi connectivity index (χ0v) is 15.5. The number of amides is 1. The van der Waals surface area contributed by atoms with Crippen molar-refractivity contribution < 1.29 is 13.6 Å². The van der Waals surface area contributed by atoms with Crippen molar-refractivity contribution in [1.29, 1.82) is 0 Å². The third kappa shape index (κ3) is 2.84. The van der Waals surface area contributed by atoms with Crippen LogP contribution >= 0.6 is 0 Å². The zero-order chi connectivity index (χ0) is 18.5. The summed E-state index contributed by atoms with van der Waals surface area (Å²) >= 11 is 0. The number of carbonyl (C=O) groups is 1. The van der Waals surface area contributed by atoms with Gasteiger partial charge in [-0.1, -0.05) is 0 Å². The molecule has 1 amide bonds. The Morgan fingerprint density at radius 3 is 2.40 bits per heavy atom. The SMILES string of the molecule is Cc1oc2c(c(C)cc3oc(=O)c(CC(=O)NC(C)C)c(C)c32)c1C. The van der Waals surface area contributed by atoms with Crippen LogP contribution in [-0.2, 0) is 11.2 Å². The maximum Gasteiger partial charge on any atom is 0.340 e. The first-order valence-electron chi connectivity index (χ1n) is 8.45. The van der Waals surface area contributed by atoms with E-state index in [0.29, 0.717) is 11.1 Å². The Morgan fingerprint density at radius 2 is 1.76 bits per heavy atom. The van der Waals surface area contributed by atoms with Crippen LogP contribution in [0.15, 0.2) is 19.7 Å². The number of aryl methyl sites for hydroxylation is 4. The van der Waals surface area contributed by atoms with Crippen LogP contribution in [0.4, 0.5) is 0 Å². The van der Waals surface area contributed by atoms with Crippen molar-refractivity contribution in [3.8, 4) is 0 Å². The van der Waals surface area contributed by atoms with E-state index in [0.717, 1.165) is 38.8 Å². The lowest BCUT2D eigenvalue weighted by atomic mass is 9.98. The van der Waals surface area contributed by atoms with Gasteiger partial charge in [-0.15, -0.1) is 0 Å². The predicted molar refractivity (Wildman–Crippen MR) is 98.2 cm³/mol.